The predicted molar refractivity (Wildman–Crippen MR) is 80.1 cm³/mol. The van der Waals surface area contributed by atoms with E-state index < -0.39 is 27.1 Å². The number of carbonyl (C=O) groups excluding carboxylic acids is 1. The van der Waals surface area contributed by atoms with Crippen LogP contribution in [0.25, 0.3) is 0 Å². The van der Waals surface area contributed by atoms with Gasteiger partial charge in [-0.25, -0.2) is 0 Å². The number of non-ortho nitro benzene ring substituents is 1. The maximum absolute atomic E-state index is 12.6. The van der Waals surface area contributed by atoms with Gasteiger partial charge in [-0.05, 0) is 13.8 Å². The molecule has 1 saturated heterocycles. The second kappa shape index (κ2) is 6.16. The van der Waals surface area contributed by atoms with Crippen LogP contribution in [0.1, 0.15) is 24.2 Å². The molecule has 1 heterocycles. The fourth-order valence-corrected chi connectivity index (χ4v) is 2.57. The summed E-state index contributed by atoms with van der Waals surface area (Å²) < 4.78 is 5.51. The number of morpholine rings is 1. The van der Waals surface area contributed by atoms with E-state index in [1.807, 2.05) is 0 Å². The minimum atomic E-state index is -0.844. The molecule has 1 aromatic rings. The van der Waals surface area contributed by atoms with Crippen LogP contribution in [0.2, 0.25) is 0 Å². The largest absolute Gasteiger partial charge is 0.392 e. The number of rotatable bonds is 3. The van der Waals surface area contributed by atoms with Gasteiger partial charge in [0.15, 0.2) is 0 Å². The fraction of sp³-hybridized carbons (Fsp3) is 0.462. The lowest BCUT2D eigenvalue weighted by molar-refractivity contribution is -0.393. The highest BCUT2D eigenvalue weighted by atomic mass is 16.6. The Kier molecular flexibility index (Phi) is 4.45. The molecule has 10 heteroatoms. The minimum Gasteiger partial charge on any atom is -0.392 e. The van der Waals surface area contributed by atoms with Crippen molar-refractivity contribution in [2.24, 2.45) is 0 Å². The summed E-state index contributed by atoms with van der Waals surface area (Å²) in [6, 6.07) is 1.71. The van der Waals surface area contributed by atoms with Crippen molar-refractivity contribution in [2.75, 3.05) is 18.8 Å². The number of nitro benzene ring substituents is 2. The molecule has 0 spiro atoms. The van der Waals surface area contributed by atoms with Crippen molar-refractivity contribution in [3.05, 3.63) is 37.9 Å². The molecular weight excluding hydrogens is 308 g/mol. The molecule has 0 unspecified atom stereocenters. The Bertz CT molecular complexity index is 667. The normalized spacial score (nSPS) is 21.0. The molecule has 0 aromatic heterocycles. The number of benzene rings is 1. The van der Waals surface area contributed by atoms with Gasteiger partial charge in [0.05, 0.1) is 33.7 Å². The molecule has 0 aliphatic carbocycles. The van der Waals surface area contributed by atoms with Crippen LogP contribution in [0.4, 0.5) is 17.1 Å². The summed E-state index contributed by atoms with van der Waals surface area (Å²) in [5.74, 6) is -0.587. The van der Waals surface area contributed by atoms with Gasteiger partial charge in [-0.3, -0.25) is 25.0 Å². The molecule has 1 aromatic carbocycles. The Morgan fingerprint density at radius 3 is 2.26 bits per heavy atom. The number of amides is 1. The van der Waals surface area contributed by atoms with Gasteiger partial charge in [-0.15, -0.1) is 0 Å². The van der Waals surface area contributed by atoms with Gasteiger partial charge in [0.2, 0.25) is 0 Å². The van der Waals surface area contributed by atoms with E-state index in [1.54, 1.807) is 13.8 Å². The topological polar surface area (TPSA) is 142 Å². The SMILES string of the molecule is C[C@@H]1CN(C(=O)c2cc([N+](=O)[O-])cc([N+](=O)[O-])c2N)C[C@@H](C)O1. The van der Waals surface area contributed by atoms with E-state index in [1.165, 1.54) is 4.90 Å². The molecular formula is C13H16N4O6. The van der Waals surface area contributed by atoms with Crippen molar-refractivity contribution in [2.45, 2.75) is 26.1 Å². The first-order chi connectivity index (χ1) is 10.7. The molecule has 0 bridgehead atoms. The Labute approximate surface area is 131 Å². The van der Waals surface area contributed by atoms with Crippen LogP contribution < -0.4 is 5.73 Å². The van der Waals surface area contributed by atoms with Crippen LogP contribution in [-0.2, 0) is 4.74 Å². The maximum atomic E-state index is 12.6. The third-order valence-electron chi connectivity index (χ3n) is 3.49. The molecule has 0 radical (unpaired) electrons. The summed E-state index contributed by atoms with van der Waals surface area (Å²) in [4.78, 5) is 34.3. The summed E-state index contributed by atoms with van der Waals surface area (Å²) in [6.45, 7) is 4.13. The summed E-state index contributed by atoms with van der Waals surface area (Å²) in [5, 5.41) is 21.9. The average Bonchev–Trinajstić information content (AvgIpc) is 2.45. The molecule has 1 aliphatic heterocycles. The van der Waals surface area contributed by atoms with Crippen LogP contribution >= 0.6 is 0 Å². The van der Waals surface area contributed by atoms with E-state index in [-0.39, 0.29) is 36.5 Å². The Morgan fingerprint density at radius 1 is 1.22 bits per heavy atom. The number of hydrogen-bond acceptors (Lipinski definition) is 7. The van der Waals surface area contributed by atoms with Crippen molar-refractivity contribution in [3.63, 3.8) is 0 Å². The zero-order chi connectivity index (χ0) is 17.3. The lowest BCUT2D eigenvalue weighted by atomic mass is 10.1. The lowest BCUT2D eigenvalue weighted by Gasteiger charge is -2.35. The zero-order valence-electron chi connectivity index (χ0n) is 12.6. The quantitative estimate of drug-likeness (QED) is 0.502. The van der Waals surface area contributed by atoms with Crippen LogP contribution in [0, 0.1) is 20.2 Å². The second-order valence-electron chi connectivity index (χ2n) is 5.41. The Balaban J connectivity index is 2.46. The summed E-state index contributed by atoms with van der Waals surface area (Å²) in [7, 11) is 0. The number of carbonyl (C=O) groups is 1. The number of anilines is 1. The fourth-order valence-electron chi connectivity index (χ4n) is 2.57. The first kappa shape index (κ1) is 16.6. The van der Waals surface area contributed by atoms with Gasteiger partial charge in [-0.1, -0.05) is 0 Å². The molecule has 1 aliphatic rings. The van der Waals surface area contributed by atoms with Crippen LogP contribution in [0.3, 0.4) is 0 Å². The van der Waals surface area contributed by atoms with E-state index in [9.17, 15) is 25.0 Å². The summed E-state index contributed by atoms with van der Waals surface area (Å²) in [5.41, 5.74) is 3.86. The van der Waals surface area contributed by atoms with E-state index in [2.05, 4.69) is 0 Å². The highest BCUT2D eigenvalue weighted by Crippen LogP contribution is 2.32. The van der Waals surface area contributed by atoms with Crippen molar-refractivity contribution in [1.29, 1.82) is 0 Å². The highest BCUT2D eigenvalue weighted by Gasteiger charge is 2.31. The molecule has 0 saturated carbocycles. The van der Waals surface area contributed by atoms with E-state index in [4.69, 9.17) is 10.5 Å². The molecule has 10 nitrogen and oxygen atoms in total. The summed E-state index contributed by atoms with van der Waals surface area (Å²) in [6.07, 6.45) is -0.421. The predicted octanol–water partition coefficient (Wildman–Crippen LogP) is 1.33. The highest BCUT2D eigenvalue weighted by molar-refractivity contribution is 6.02. The van der Waals surface area contributed by atoms with Gasteiger partial charge < -0.3 is 15.4 Å². The third-order valence-corrected chi connectivity index (χ3v) is 3.49. The molecule has 2 N–H and O–H groups in total. The first-order valence-electron chi connectivity index (χ1n) is 6.87. The van der Waals surface area contributed by atoms with Gasteiger partial charge in [0.1, 0.15) is 5.69 Å². The zero-order valence-corrected chi connectivity index (χ0v) is 12.6. The van der Waals surface area contributed by atoms with Gasteiger partial charge in [0.25, 0.3) is 17.3 Å². The van der Waals surface area contributed by atoms with E-state index in [0.717, 1.165) is 12.1 Å². The van der Waals surface area contributed by atoms with Crippen LogP contribution in [0.15, 0.2) is 12.1 Å². The van der Waals surface area contributed by atoms with Crippen molar-refractivity contribution in [3.8, 4) is 0 Å². The summed E-state index contributed by atoms with van der Waals surface area (Å²) >= 11 is 0. The van der Waals surface area contributed by atoms with Crippen LogP contribution in [0.5, 0.6) is 0 Å². The Hall–Kier alpha value is -2.75. The smallest absolute Gasteiger partial charge is 0.299 e. The number of nitrogens with two attached hydrogens (primary N) is 1. The van der Waals surface area contributed by atoms with E-state index in [0.29, 0.717) is 0 Å². The number of nitrogens with zero attached hydrogens (tertiary/aromatic N) is 3. The molecule has 1 amide bonds. The van der Waals surface area contributed by atoms with Crippen molar-refractivity contribution < 1.29 is 19.4 Å². The molecule has 23 heavy (non-hydrogen) atoms. The van der Waals surface area contributed by atoms with Gasteiger partial charge in [-0.2, -0.15) is 0 Å². The standard InChI is InChI=1S/C13H16N4O6/c1-7-5-15(6-8(2)23-7)13(18)10-3-9(16(19)20)4-11(12(10)14)17(21)22/h3-4,7-8H,5-6,14H2,1-2H3/t7-,8-/m1/s1. The maximum Gasteiger partial charge on any atom is 0.299 e. The number of hydrogen-bond donors (Lipinski definition) is 1. The van der Waals surface area contributed by atoms with Crippen LogP contribution in [-0.4, -0.2) is 46.0 Å². The second-order valence-corrected chi connectivity index (χ2v) is 5.41. The minimum absolute atomic E-state index is 0.211. The molecule has 2 rings (SSSR count). The Morgan fingerprint density at radius 2 is 1.78 bits per heavy atom. The number of ether oxygens (including phenoxy) is 1. The van der Waals surface area contributed by atoms with Gasteiger partial charge >= 0.3 is 0 Å². The van der Waals surface area contributed by atoms with Gasteiger partial charge in [0, 0.05) is 19.2 Å². The monoisotopic (exact) mass is 324 g/mol. The lowest BCUT2D eigenvalue weighted by Crippen LogP contribution is -2.48. The van der Waals surface area contributed by atoms with Crippen molar-refractivity contribution >= 4 is 23.0 Å². The molecule has 2 atom stereocenters. The average molecular weight is 324 g/mol. The number of nitrogen functional groups attached to an aromatic ring is 1. The van der Waals surface area contributed by atoms with E-state index >= 15 is 0 Å². The third kappa shape index (κ3) is 3.37. The molecule has 124 valence electrons. The molecule has 1 fully saturated rings. The van der Waals surface area contributed by atoms with Crippen molar-refractivity contribution in [1.82, 2.24) is 4.90 Å². The number of nitro groups is 2. The first-order valence-corrected chi connectivity index (χ1v) is 6.87.